The molecule has 1 atom stereocenters. The number of methoxy groups -OCH3 is 1. The molecule has 0 amide bonds. The molecule has 0 spiro atoms. The lowest BCUT2D eigenvalue weighted by molar-refractivity contribution is 0.414. The fourth-order valence-corrected chi connectivity index (χ4v) is 2.51. The Labute approximate surface area is 129 Å². The molecule has 0 saturated heterocycles. The van der Waals surface area contributed by atoms with Crippen LogP contribution in [0.3, 0.4) is 0 Å². The van der Waals surface area contributed by atoms with E-state index >= 15 is 0 Å². The number of hydrogen-bond acceptors (Lipinski definition) is 2. The van der Waals surface area contributed by atoms with Gasteiger partial charge in [-0.2, -0.15) is 0 Å². The Balaban J connectivity index is 2.00. The van der Waals surface area contributed by atoms with E-state index in [1.807, 2.05) is 30.3 Å². The molecule has 4 heteroatoms. The summed E-state index contributed by atoms with van der Waals surface area (Å²) in [6.45, 7) is 0. The molecule has 0 fully saturated rings. The minimum atomic E-state index is -0.122. The van der Waals surface area contributed by atoms with Gasteiger partial charge in [0.1, 0.15) is 5.75 Å². The van der Waals surface area contributed by atoms with Crippen molar-refractivity contribution in [3.63, 3.8) is 0 Å². The maximum atomic E-state index is 6.20. The minimum Gasteiger partial charge on any atom is -0.497 e. The fourth-order valence-electron chi connectivity index (χ4n) is 2.07. The molecule has 2 aromatic rings. The van der Waals surface area contributed by atoms with Gasteiger partial charge in [0.15, 0.2) is 0 Å². The first-order valence-electron chi connectivity index (χ1n) is 6.43. The Bertz CT molecular complexity index is 569. The number of benzene rings is 2. The van der Waals surface area contributed by atoms with Gasteiger partial charge in [-0.1, -0.05) is 35.3 Å². The van der Waals surface area contributed by atoms with E-state index < -0.39 is 0 Å². The first-order chi connectivity index (χ1) is 9.60. The zero-order chi connectivity index (χ0) is 14.5. The molecule has 0 heterocycles. The van der Waals surface area contributed by atoms with Gasteiger partial charge in [0.2, 0.25) is 0 Å². The summed E-state index contributed by atoms with van der Waals surface area (Å²) in [4.78, 5) is 0. The van der Waals surface area contributed by atoms with Crippen LogP contribution in [0.4, 0.5) is 0 Å². The van der Waals surface area contributed by atoms with Crippen LogP contribution in [-0.2, 0) is 6.42 Å². The molecule has 106 valence electrons. The second kappa shape index (κ2) is 6.98. The molecule has 2 N–H and O–H groups in total. The molecule has 0 aliphatic heterocycles. The van der Waals surface area contributed by atoms with Crippen LogP contribution in [0.5, 0.6) is 5.75 Å². The number of hydrogen-bond donors (Lipinski definition) is 1. The van der Waals surface area contributed by atoms with Gasteiger partial charge in [0.25, 0.3) is 0 Å². The predicted octanol–water partition coefficient (Wildman–Crippen LogP) is 4.63. The van der Waals surface area contributed by atoms with Crippen molar-refractivity contribution >= 4 is 23.2 Å². The highest BCUT2D eigenvalue weighted by atomic mass is 35.5. The lowest BCUT2D eigenvalue weighted by atomic mass is 9.99. The van der Waals surface area contributed by atoms with Crippen molar-refractivity contribution in [2.45, 2.75) is 18.9 Å². The average molecular weight is 310 g/mol. The van der Waals surface area contributed by atoms with Gasteiger partial charge in [0.05, 0.1) is 7.11 Å². The standard InChI is InChI=1S/C16H17Cl2NO/c1-20-13-6-2-11(3-7-13)4-9-16(19)14-10-12(17)5-8-15(14)18/h2-3,5-8,10,16H,4,9,19H2,1H3. The molecule has 20 heavy (non-hydrogen) atoms. The number of ether oxygens (including phenoxy) is 1. The van der Waals surface area contributed by atoms with Crippen LogP contribution < -0.4 is 10.5 Å². The molecule has 2 aromatic carbocycles. The quantitative estimate of drug-likeness (QED) is 0.873. The van der Waals surface area contributed by atoms with E-state index in [-0.39, 0.29) is 6.04 Å². The number of halogens is 2. The van der Waals surface area contributed by atoms with E-state index in [1.165, 1.54) is 5.56 Å². The van der Waals surface area contributed by atoms with Crippen LogP contribution in [0.1, 0.15) is 23.6 Å². The highest BCUT2D eigenvalue weighted by molar-refractivity contribution is 6.33. The summed E-state index contributed by atoms with van der Waals surface area (Å²) in [5.41, 5.74) is 8.32. The van der Waals surface area contributed by atoms with Gasteiger partial charge in [-0.05, 0) is 54.3 Å². The summed E-state index contributed by atoms with van der Waals surface area (Å²) < 4.78 is 5.14. The van der Waals surface area contributed by atoms with Crippen molar-refractivity contribution in [3.05, 3.63) is 63.6 Å². The monoisotopic (exact) mass is 309 g/mol. The molecule has 0 radical (unpaired) electrons. The topological polar surface area (TPSA) is 35.2 Å². The van der Waals surface area contributed by atoms with Crippen LogP contribution in [0.15, 0.2) is 42.5 Å². The van der Waals surface area contributed by atoms with Crippen molar-refractivity contribution in [1.82, 2.24) is 0 Å². The van der Waals surface area contributed by atoms with Gasteiger partial charge in [-0.3, -0.25) is 0 Å². The molecular weight excluding hydrogens is 293 g/mol. The Kier molecular flexibility index (Phi) is 5.30. The van der Waals surface area contributed by atoms with Crippen LogP contribution in [-0.4, -0.2) is 7.11 Å². The maximum Gasteiger partial charge on any atom is 0.118 e. The molecule has 0 aromatic heterocycles. The van der Waals surface area contributed by atoms with E-state index in [2.05, 4.69) is 0 Å². The Morgan fingerprint density at radius 2 is 1.80 bits per heavy atom. The normalized spacial score (nSPS) is 12.2. The zero-order valence-electron chi connectivity index (χ0n) is 11.3. The molecule has 2 rings (SSSR count). The van der Waals surface area contributed by atoms with E-state index in [9.17, 15) is 0 Å². The molecule has 0 saturated carbocycles. The highest BCUT2D eigenvalue weighted by Gasteiger charge is 2.11. The Morgan fingerprint density at radius 3 is 2.45 bits per heavy atom. The highest BCUT2D eigenvalue weighted by Crippen LogP contribution is 2.27. The summed E-state index contributed by atoms with van der Waals surface area (Å²) in [5.74, 6) is 0.857. The van der Waals surface area contributed by atoms with Crippen molar-refractivity contribution in [2.75, 3.05) is 7.11 Å². The predicted molar refractivity (Wildman–Crippen MR) is 84.7 cm³/mol. The third kappa shape index (κ3) is 3.89. The largest absolute Gasteiger partial charge is 0.497 e. The second-order valence-corrected chi connectivity index (χ2v) is 5.50. The van der Waals surface area contributed by atoms with Gasteiger partial charge < -0.3 is 10.5 Å². The van der Waals surface area contributed by atoms with Crippen molar-refractivity contribution in [1.29, 1.82) is 0 Å². The summed E-state index contributed by atoms with van der Waals surface area (Å²) in [6.07, 6.45) is 1.69. The third-order valence-corrected chi connectivity index (χ3v) is 3.84. The lowest BCUT2D eigenvalue weighted by Crippen LogP contribution is -2.12. The first kappa shape index (κ1) is 15.2. The van der Waals surface area contributed by atoms with Crippen molar-refractivity contribution in [3.8, 4) is 5.75 Å². The van der Waals surface area contributed by atoms with Crippen LogP contribution in [0, 0.1) is 0 Å². The first-order valence-corrected chi connectivity index (χ1v) is 7.19. The maximum absolute atomic E-state index is 6.20. The SMILES string of the molecule is COc1ccc(CCC(N)c2cc(Cl)ccc2Cl)cc1. The van der Waals surface area contributed by atoms with Crippen molar-refractivity contribution < 1.29 is 4.74 Å². The van der Waals surface area contributed by atoms with Gasteiger partial charge in [-0.25, -0.2) is 0 Å². The summed E-state index contributed by atoms with van der Waals surface area (Å²) in [5, 5.41) is 1.32. The van der Waals surface area contributed by atoms with E-state index in [0.717, 1.165) is 24.2 Å². The number of aryl methyl sites for hydroxylation is 1. The number of nitrogens with two attached hydrogens (primary N) is 1. The van der Waals surface area contributed by atoms with E-state index in [4.69, 9.17) is 33.7 Å². The lowest BCUT2D eigenvalue weighted by Gasteiger charge is -2.14. The fraction of sp³-hybridized carbons (Fsp3) is 0.250. The van der Waals surface area contributed by atoms with E-state index in [1.54, 1.807) is 19.2 Å². The zero-order valence-corrected chi connectivity index (χ0v) is 12.8. The second-order valence-electron chi connectivity index (χ2n) is 4.66. The summed E-state index contributed by atoms with van der Waals surface area (Å²) in [6, 6.07) is 13.3. The smallest absolute Gasteiger partial charge is 0.118 e. The molecule has 0 aliphatic rings. The van der Waals surface area contributed by atoms with Gasteiger partial charge in [-0.15, -0.1) is 0 Å². The van der Waals surface area contributed by atoms with Crippen molar-refractivity contribution in [2.24, 2.45) is 5.73 Å². The summed E-state index contributed by atoms with van der Waals surface area (Å²) >= 11 is 12.1. The number of rotatable bonds is 5. The molecule has 2 nitrogen and oxygen atoms in total. The van der Waals surface area contributed by atoms with Gasteiger partial charge >= 0.3 is 0 Å². The average Bonchev–Trinajstić information content (AvgIpc) is 2.47. The third-order valence-electron chi connectivity index (χ3n) is 3.26. The molecule has 0 aliphatic carbocycles. The van der Waals surface area contributed by atoms with Gasteiger partial charge in [0, 0.05) is 16.1 Å². The Morgan fingerprint density at radius 1 is 1.10 bits per heavy atom. The molecular formula is C16H17Cl2NO. The van der Waals surface area contributed by atoms with E-state index in [0.29, 0.717) is 10.0 Å². The molecule has 1 unspecified atom stereocenters. The van der Waals surface area contributed by atoms with Crippen LogP contribution >= 0.6 is 23.2 Å². The molecule has 0 bridgehead atoms. The minimum absolute atomic E-state index is 0.122. The Hall–Kier alpha value is -1.22. The van der Waals surface area contributed by atoms with Crippen LogP contribution in [0.25, 0.3) is 0 Å². The van der Waals surface area contributed by atoms with Crippen LogP contribution in [0.2, 0.25) is 10.0 Å². The summed E-state index contributed by atoms with van der Waals surface area (Å²) in [7, 11) is 1.66.